The van der Waals surface area contributed by atoms with Gasteiger partial charge < -0.3 is 10.1 Å². The van der Waals surface area contributed by atoms with Crippen LogP contribution in [0, 0.1) is 10.8 Å². The molecule has 0 radical (unpaired) electrons. The second kappa shape index (κ2) is 9.35. The molecule has 1 N–H and O–H groups in total. The van der Waals surface area contributed by atoms with Crippen LogP contribution in [0.2, 0.25) is 0 Å². The highest BCUT2D eigenvalue weighted by molar-refractivity contribution is 6.03. The van der Waals surface area contributed by atoms with Crippen LogP contribution < -0.4 is 5.32 Å². The number of carbonyl (C=O) groups excluding carboxylic acids is 3. The summed E-state index contributed by atoms with van der Waals surface area (Å²) < 4.78 is 5.87. The van der Waals surface area contributed by atoms with Crippen molar-refractivity contribution in [3.05, 3.63) is 35.9 Å². The number of nitrogens with one attached hydrogen (secondary N) is 1. The maximum Gasteiger partial charge on any atom is 0.408 e. The van der Waals surface area contributed by atoms with E-state index < -0.39 is 11.7 Å². The molecule has 2 aliphatic carbocycles. The van der Waals surface area contributed by atoms with Crippen molar-refractivity contribution in [2.45, 2.75) is 83.8 Å². The number of aliphatic imine (C=N–C) groups is 1. The maximum absolute atomic E-state index is 13.3. The Balaban J connectivity index is 1.68. The van der Waals surface area contributed by atoms with E-state index in [1.807, 2.05) is 18.2 Å². The highest BCUT2D eigenvalue weighted by Gasteiger charge is 2.45. The Morgan fingerprint density at radius 1 is 1.10 bits per heavy atom. The molecule has 2 aliphatic rings. The molecule has 31 heavy (non-hydrogen) atoms. The smallest absolute Gasteiger partial charge is 0.408 e. The largest absolute Gasteiger partial charge is 0.435 e. The van der Waals surface area contributed by atoms with E-state index in [1.165, 1.54) is 0 Å². The molecule has 1 amide bonds. The van der Waals surface area contributed by atoms with E-state index in [1.54, 1.807) is 18.2 Å². The van der Waals surface area contributed by atoms with Crippen molar-refractivity contribution in [1.82, 2.24) is 5.32 Å². The fraction of sp³-hybridized carbons (Fsp3) is 0.640. The van der Waals surface area contributed by atoms with Crippen molar-refractivity contribution in [3.63, 3.8) is 0 Å². The minimum Gasteiger partial charge on any atom is -0.435 e. The standard InChI is InChI=1S/C25H34N2O4/c1-23(2)14-20(27-18-28)15-24(3,16-23)17-26-22(30)31-25(12-8-5-9-13-25)21(29)19-10-6-4-7-11-19/h4,6-7,10-11,20H,5,8-9,12-17H2,1-3H3,(H,26,30). The van der Waals surface area contributed by atoms with E-state index in [-0.39, 0.29) is 22.7 Å². The summed E-state index contributed by atoms with van der Waals surface area (Å²) in [7, 11) is 0. The number of Topliss-reactive ketones (excluding diaryl/α,β-unsaturated/α-hetero) is 1. The van der Waals surface area contributed by atoms with Gasteiger partial charge in [-0.3, -0.25) is 4.79 Å². The van der Waals surface area contributed by atoms with Gasteiger partial charge in [0.15, 0.2) is 5.60 Å². The van der Waals surface area contributed by atoms with E-state index >= 15 is 0 Å². The van der Waals surface area contributed by atoms with Crippen molar-refractivity contribution < 1.29 is 19.1 Å². The summed E-state index contributed by atoms with van der Waals surface area (Å²) in [5.74, 6) is -0.117. The Bertz CT molecular complexity index is 838. The molecule has 1 aromatic rings. The summed E-state index contributed by atoms with van der Waals surface area (Å²) in [5, 5.41) is 2.92. The number of ketones is 1. The number of rotatable bonds is 6. The summed E-state index contributed by atoms with van der Waals surface area (Å²) in [5.41, 5.74) is -0.722. The van der Waals surface area contributed by atoms with E-state index in [9.17, 15) is 14.4 Å². The number of hydrogen-bond acceptors (Lipinski definition) is 5. The molecule has 2 saturated carbocycles. The molecule has 2 atom stereocenters. The highest BCUT2D eigenvalue weighted by Crippen LogP contribution is 2.46. The zero-order valence-corrected chi connectivity index (χ0v) is 18.9. The first kappa shape index (κ1) is 23.2. The van der Waals surface area contributed by atoms with Gasteiger partial charge in [-0.2, -0.15) is 0 Å². The van der Waals surface area contributed by atoms with Crippen LogP contribution in [0.3, 0.4) is 0 Å². The van der Waals surface area contributed by atoms with Crippen LogP contribution in [-0.4, -0.2) is 36.1 Å². The van der Waals surface area contributed by atoms with Crippen LogP contribution in [0.5, 0.6) is 0 Å². The van der Waals surface area contributed by atoms with Gasteiger partial charge in [-0.05, 0) is 55.8 Å². The van der Waals surface area contributed by atoms with E-state index in [2.05, 4.69) is 31.1 Å². The van der Waals surface area contributed by atoms with Crippen LogP contribution in [0.1, 0.15) is 82.5 Å². The number of carbonyl (C=O) groups is 2. The molecule has 2 fully saturated rings. The third-order valence-electron chi connectivity index (χ3n) is 6.72. The number of amides is 1. The lowest BCUT2D eigenvalue weighted by atomic mass is 9.63. The molecule has 0 aromatic heterocycles. The van der Waals surface area contributed by atoms with E-state index in [0.717, 1.165) is 32.1 Å². The fourth-order valence-corrected chi connectivity index (χ4v) is 5.73. The Morgan fingerprint density at radius 2 is 1.77 bits per heavy atom. The third-order valence-corrected chi connectivity index (χ3v) is 6.72. The Hall–Kier alpha value is -2.46. The number of ether oxygens (including phenoxy) is 1. The fourth-order valence-electron chi connectivity index (χ4n) is 5.73. The van der Waals surface area contributed by atoms with Crippen molar-refractivity contribution in [3.8, 4) is 0 Å². The third kappa shape index (κ3) is 5.82. The molecule has 2 unspecified atom stereocenters. The lowest BCUT2D eigenvalue weighted by Gasteiger charge is -2.45. The summed E-state index contributed by atoms with van der Waals surface area (Å²) in [6.45, 7) is 6.83. The average molecular weight is 427 g/mol. The summed E-state index contributed by atoms with van der Waals surface area (Å²) in [4.78, 5) is 40.9. The quantitative estimate of drug-likeness (QED) is 0.384. The molecule has 1 aromatic carbocycles. The predicted molar refractivity (Wildman–Crippen MR) is 119 cm³/mol. The first-order chi connectivity index (χ1) is 14.7. The second-order valence-electron chi connectivity index (χ2n) is 10.4. The summed E-state index contributed by atoms with van der Waals surface area (Å²) in [6.07, 6.45) is 7.45. The van der Waals surface area contributed by atoms with Gasteiger partial charge in [-0.15, -0.1) is 0 Å². The number of nitrogens with zero attached hydrogens (tertiary/aromatic N) is 1. The lowest BCUT2D eigenvalue weighted by Crippen LogP contribution is -2.49. The van der Waals surface area contributed by atoms with Crippen LogP contribution in [0.15, 0.2) is 35.3 Å². The van der Waals surface area contributed by atoms with E-state index in [4.69, 9.17) is 4.74 Å². The van der Waals surface area contributed by atoms with Gasteiger partial charge in [0.05, 0.1) is 6.04 Å². The van der Waals surface area contributed by atoms with Gasteiger partial charge in [0, 0.05) is 12.1 Å². The minimum atomic E-state index is -1.10. The van der Waals surface area contributed by atoms with Gasteiger partial charge in [-0.1, -0.05) is 57.5 Å². The molecular formula is C25H34N2O4. The summed E-state index contributed by atoms with van der Waals surface area (Å²) in [6, 6.07) is 8.99. The number of alkyl carbamates (subject to hydrolysis) is 1. The van der Waals surface area contributed by atoms with Crippen LogP contribution in [-0.2, 0) is 9.53 Å². The van der Waals surface area contributed by atoms with Gasteiger partial charge in [0.2, 0.25) is 11.9 Å². The van der Waals surface area contributed by atoms with Gasteiger partial charge >= 0.3 is 6.09 Å². The van der Waals surface area contributed by atoms with Crippen LogP contribution in [0.4, 0.5) is 4.79 Å². The summed E-state index contributed by atoms with van der Waals surface area (Å²) >= 11 is 0. The molecule has 0 heterocycles. The second-order valence-corrected chi connectivity index (χ2v) is 10.4. The predicted octanol–water partition coefficient (Wildman–Crippen LogP) is 5.22. The van der Waals surface area contributed by atoms with Crippen LogP contribution >= 0.6 is 0 Å². The van der Waals surface area contributed by atoms with Gasteiger partial charge in [0.25, 0.3) is 0 Å². The zero-order valence-electron chi connectivity index (χ0n) is 18.9. The molecular weight excluding hydrogens is 392 g/mol. The van der Waals surface area contributed by atoms with Crippen molar-refractivity contribution in [1.29, 1.82) is 0 Å². The molecule has 0 bridgehead atoms. The lowest BCUT2D eigenvalue weighted by molar-refractivity contribution is -0.00654. The Kier molecular flexibility index (Phi) is 7.00. The van der Waals surface area contributed by atoms with Crippen molar-refractivity contribution in [2.24, 2.45) is 15.8 Å². The number of benzene rings is 1. The first-order valence-corrected chi connectivity index (χ1v) is 11.3. The highest BCUT2D eigenvalue weighted by atomic mass is 16.6. The van der Waals surface area contributed by atoms with Crippen molar-refractivity contribution >= 4 is 18.0 Å². The van der Waals surface area contributed by atoms with Gasteiger partial charge in [-0.25, -0.2) is 14.6 Å². The molecule has 0 spiro atoms. The topological polar surface area (TPSA) is 84.8 Å². The minimum absolute atomic E-state index is 0.0114. The van der Waals surface area contributed by atoms with Gasteiger partial charge in [0.1, 0.15) is 0 Å². The Morgan fingerprint density at radius 3 is 2.42 bits per heavy atom. The molecule has 3 rings (SSSR count). The maximum atomic E-state index is 13.3. The molecule has 168 valence electrons. The molecule has 6 nitrogen and oxygen atoms in total. The first-order valence-electron chi connectivity index (χ1n) is 11.3. The molecule has 0 aliphatic heterocycles. The van der Waals surface area contributed by atoms with Crippen molar-refractivity contribution in [2.75, 3.05) is 6.54 Å². The van der Waals surface area contributed by atoms with Crippen LogP contribution in [0.25, 0.3) is 0 Å². The Labute approximate surface area is 184 Å². The monoisotopic (exact) mass is 426 g/mol. The normalized spacial score (nSPS) is 26.9. The number of hydrogen-bond donors (Lipinski definition) is 1. The molecule has 0 saturated heterocycles. The molecule has 6 heteroatoms. The zero-order chi connectivity index (χ0) is 22.5. The SMILES string of the molecule is CC1(C)CC(N=C=O)CC(C)(CNC(=O)OC2(C(=O)c3ccccc3)CCCCC2)C1. The number of isocyanates is 1. The average Bonchev–Trinajstić information content (AvgIpc) is 2.72. The van der Waals surface area contributed by atoms with E-state index in [0.29, 0.717) is 31.4 Å².